The Hall–Kier alpha value is -2.08. The van der Waals surface area contributed by atoms with Crippen LogP contribution in [0.3, 0.4) is 0 Å². The number of alkyl carbamates (subject to hydrolysis) is 1. The zero-order valence-corrected chi connectivity index (χ0v) is 16.8. The second-order valence-electron chi connectivity index (χ2n) is 7.81. The first kappa shape index (κ1) is 21.0. The number of rotatable bonds is 7. The van der Waals surface area contributed by atoms with E-state index in [0.717, 1.165) is 11.6 Å². The van der Waals surface area contributed by atoms with Gasteiger partial charge in [0, 0.05) is 6.42 Å². The predicted molar refractivity (Wildman–Crippen MR) is 103 cm³/mol. The summed E-state index contributed by atoms with van der Waals surface area (Å²) in [6.45, 7) is 13.6. The molecular formula is C19H29NO4Si. The number of carbonyl (C=O) groups is 2. The maximum Gasteiger partial charge on any atom is 0.408 e. The van der Waals surface area contributed by atoms with Crippen molar-refractivity contribution in [3.05, 3.63) is 42.5 Å². The minimum atomic E-state index is -1.54. The largest absolute Gasteiger partial charge is 0.480 e. The van der Waals surface area contributed by atoms with E-state index in [9.17, 15) is 14.7 Å². The number of nitrogens with one attached hydrogen (secondary N) is 1. The molecular weight excluding hydrogens is 334 g/mol. The number of allylic oxidation sites excluding steroid dienone is 1. The maximum atomic E-state index is 11.8. The van der Waals surface area contributed by atoms with Gasteiger partial charge in [-0.1, -0.05) is 48.6 Å². The van der Waals surface area contributed by atoms with Crippen LogP contribution in [0.4, 0.5) is 4.79 Å². The zero-order valence-electron chi connectivity index (χ0n) is 15.8. The zero-order chi connectivity index (χ0) is 19.3. The first-order valence-corrected chi connectivity index (χ1v) is 11.6. The lowest BCUT2D eigenvalue weighted by Crippen LogP contribution is -2.44. The number of carbonyl (C=O) groups excluding carboxylic acids is 1. The van der Waals surface area contributed by atoms with Gasteiger partial charge in [0.2, 0.25) is 0 Å². The van der Waals surface area contributed by atoms with Gasteiger partial charge in [0.1, 0.15) is 11.6 Å². The fraction of sp³-hybridized carbons (Fsp3) is 0.474. The van der Waals surface area contributed by atoms with E-state index < -0.39 is 31.8 Å². The number of ether oxygens (including phenoxy) is 1. The predicted octanol–water partition coefficient (Wildman–Crippen LogP) is 3.31. The van der Waals surface area contributed by atoms with E-state index in [1.165, 1.54) is 5.19 Å². The van der Waals surface area contributed by atoms with E-state index >= 15 is 0 Å². The Bertz CT molecular complexity index is 617. The average Bonchev–Trinajstić information content (AvgIpc) is 2.45. The Morgan fingerprint density at radius 2 is 1.84 bits per heavy atom. The van der Waals surface area contributed by atoms with E-state index in [1.54, 1.807) is 20.8 Å². The molecule has 5 nitrogen and oxygen atoms in total. The molecule has 0 aliphatic carbocycles. The molecule has 0 saturated carbocycles. The third-order valence-corrected chi connectivity index (χ3v) is 7.02. The Labute approximate surface area is 151 Å². The summed E-state index contributed by atoms with van der Waals surface area (Å²) in [6.07, 6.45) is 1.43. The molecule has 0 heterocycles. The monoisotopic (exact) mass is 363 g/mol. The van der Waals surface area contributed by atoms with Crippen molar-refractivity contribution in [3.63, 3.8) is 0 Å². The number of amides is 1. The standard InChI is InChI=1S/C19H29NO4Si/c1-7-12-25(5,6)15-10-8-14(9-11-15)13-16(17(21)22)20-18(23)24-19(2,3)4/h7-11,16H,1,12-13H2,2-6H3,(H,20,23)(H,21,22)/t16-/m0/s1. The number of hydrogen-bond acceptors (Lipinski definition) is 3. The molecule has 6 heteroatoms. The maximum absolute atomic E-state index is 11.8. The Morgan fingerprint density at radius 1 is 1.28 bits per heavy atom. The van der Waals surface area contributed by atoms with Crippen LogP contribution in [-0.2, 0) is 16.0 Å². The molecule has 25 heavy (non-hydrogen) atoms. The molecule has 1 atom stereocenters. The molecule has 0 aromatic heterocycles. The van der Waals surface area contributed by atoms with Crippen molar-refractivity contribution in [1.82, 2.24) is 5.32 Å². The lowest BCUT2D eigenvalue weighted by molar-refractivity contribution is -0.139. The number of hydrogen-bond donors (Lipinski definition) is 2. The van der Waals surface area contributed by atoms with Gasteiger partial charge < -0.3 is 15.2 Å². The van der Waals surface area contributed by atoms with Gasteiger partial charge in [-0.15, -0.1) is 6.58 Å². The smallest absolute Gasteiger partial charge is 0.408 e. The molecule has 0 radical (unpaired) electrons. The molecule has 1 aromatic rings. The number of aliphatic carboxylic acids is 1. The van der Waals surface area contributed by atoms with Gasteiger partial charge in [-0.3, -0.25) is 0 Å². The highest BCUT2D eigenvalue weighted by Gasteiger charge is 2.25. The van der Waals surface area contributed by atoms with Crippen LogP contribution in [-0.4, -0.2) is 36.9 Å². The summed E-state index contributed by atoms with van der Waals surface area (Å²) in [6, 6.07) is 7.93. The van der Waals surface area contributed by atoms with E-state index in [0.29, 0.717) is 0 Å². The molecule has 2 N–H and O–H groups in total. The molecule has 0 fully saturated rings. The highest BCUT2D eigenvalue weighted by molar-refractivity contribution is 6.90. The third-order valence-electron chi connectivity index (χ3n) is 3.82. The van der Waals surface area contributed by atoms with Gasteiger partial charge in [-0.2, -0.15) is 0 Å². The normalized spacial score (nSPS) is 13.0. The van der Waals surface area contributed by atoms with E-state index in [1.807, 2.05) is 18.2 Å². The summed E-state index contributed by atoms with van der Waals surface area (Å²) < 4.78 is 5.13. The molecule has 1 rings (SSSR count). The van der Waals surface area contributed by atoms with Crippen molar-refractivity contribution in [3.8, 4) is 0 Å². The lowest BCUT2D eigenvalue weighted by atomic mass is 10.1. The molecule has 138 valence electrons. The van der Waals surface area contributed by atoms with Crippen LogP contribution >= 0.6 is 0 Å². The summed E-state index contributed by atoms with van der Waals surface area (Å²) in [5.41, 5.74) is 0.187. The van der Waals surface area contributed by atoms with Crippen molar-refractivity contribution >= 4 is 25.3 Å². The van der Waals surface area contributed by atoms with Gasteiger partial charge >= 0.3 is 12.1 Å². The molecule has 0 aliphatic rings. The van der Waals surface area contributed by atoms with Crippen LogP contribution in [0.25, 0.3) is 0 Å². The van der Waals surface area contributed by atoms with E-state index in [2.05, 4.69) is 37.1 Å². The SMILES string of the molecule is C=CC[Si](C)(C)c1ccc(C[C@H](NC(=O)OC(C)(C)C)C(=O)O)cc1. The third kappa shape index (κ3) is 7.13. The van der Waals surface area contributed by atoms with Crippen LogP contribution in [0.1, 0.15) is 26.3 Å². The van der Waals surface area contributed by atoms with Crippen LogP contribution < -0.4 is 10.5 Å². The first-order valence-electron chi connectivity index (χ1n) is 8.37. The molecule has 1 amide bonds. The fourth-order valence-electron chi connectivity index (χ4n) is 2.46. The second kappa shape index (κ2) is 8.34. The van der Waals surface area contributed by atoms with Crippen LogP contribution in [0.2, 0.25) is 19.1 Å². The Morgan fingerprint density at radius 3 is 2.28 bits per heavy atom. The van der Waals surface area contributed by atoms with Crippen LogP contribution in [0.15, 0.2) is 36.9 Å². The molecule has 0 unspecified atom stereocenters. The van der Waals surface area contributed by atoms with Gasteiger partial charge in [0.25, 0.3) is 0 Å². The van der Waals surface area contributed by atoms with Gasteiger partial charge in [-0.25, -0.2) is 9.59 Å². The number of carboxylic acids is 1. The summed E-state index contributed by atoms with van der Waals surface area (Å²) in [5.74, 6) is -1.09. The first-order chi connectivity index (χ1) is 11.4. The molecule has 0 saturated heterocycles. The Balaban J connectivity index is 2.81. The van der Waals surface area contributed by atoms with Crippen molar-refractivity contribution in [1.29, 1.82) is 0 Å². The fourth-order valence-corrected chi connectivity index (χ4v) is 4.48. The summed E-state index contributed by atoms with van der Waals surface area (Å²) in [4.78, 5) is 23.3. The van der Waals surface area contributed by atoms with Crippen molar-refractivity contribution in [2.75, 3.05) is 0 Å². The quantitative estimate of drug-likeness (QED) is 0.576. The van der Waals surface area contributed by atoms with Gasteiger partial charge in [0.05, 0.1) is 8.07 Å². The van der Waals surface area contributed by atoms with E-state index in [-0.39, 0.29) is 6.42 Å². The minimum absolute atomic E-state index is 0.207. The van der Waals surface area contributed by atoms with Gasteiger partial charge in [-0.05, 0) is 32.4 Å². The summed E-state index contributed by atoms with van der Waals surface area (Å²) >= 11 is 0. The number of benzene rings is 1. The van der Waals surface area contributed by atoms with Crippen LogP contribution in [0.5, 0.6) is 0 Å². The topological polar surface area (TPSA) is 75.6 Å². The molecule has 0 spiro atoms. The van der Waals surface area contributed by atoms with Crippen molar-refractivity contribution in [2.24, 2.45) is 0 Å². The molecule has 1 aromatic carbocycles. The summed E-state index contributed by atoms with van der Waals surface area (Å²) in [7, 11) is -1.54. The lowest BCUT2D eigenvalue weighted by Gasteiger charge is -2.23. The summed E-state index contributed by atoms with van der Waals surface area (Å²) in [5, 5.41) is 13.1. The van der Waals surface area contributed by atoms with Gasteiger partial charge in [0.15, 0.2) is 0 Å². The van der Waals surface area contributed by atoms with Crippen molar-refractivity contribution < 1.29 is 19.4 Å². The Kier molecular flexibility index (Phi) is 6.99. The highest BCUT2D eigenvalue weighted by Crippen LogP contribution is 2.12. The highest BCUT2D eigenvalue weighted by atomic mass is 28.3. The van der Waals surface area contributed by atoms with Crippen molar-refractivity contribution in [2.45, 2.75) is 58.0 Å². The van der Waals surface area contributed by atoms with Crippen LogP contribution in [0, 0.1) is 0 Å². The molecule has 0 aliphatic heterocycles. The average molecular weight is 364 g/mol. The number of carboxylic acid groups (broad SMARTS) is 1. The molecule has 0 bridgehead atoms. The second-order valence-corrected chi connectivity index (χ2v) is 12.6. The minimum Gasteiger partial charge on any atom is -0.480 e. The van der Waals surface area contributed by atoms with E-state index in [4.69, 9.17) is 4.74 Å².